The van der Waals surface area contributed by atoms with Crippen molar-refractivity contribution in [2.24, 2.45) is 0 Å². The number of ether oxygens (including phenoxy) is 4. The van der Waals surface area contributed by atoms with Crippen molar-refractivity contribution in [1.82, 2.24) is 55.1 Å². The predicted molar refractivity (Wildman–Crippen MR) is 356 cm³/mol. The molecule has 1 aromatic carbocycles. The predicted octanol–water partition coefficient (Wildman–Crippen LogP) is 7.73. The van der Waals surface area contributed by atoms with Crippen molar-refractivity contribution in [3.63, 3.8) is 0 Å². The fourth-order valence-electron chi connectivity index (χ4n) is 10.0. The first-order valence-corrected chi connectivity index (χ1v) is 31.7. The number of esters is 1. The number of hydrogen-bond donors (Lipinski definition) is 4. The topological polar surface area (TPSA) is 274 Å². The molecule has 494 valence electrons. The number of aromatic amines is 2. The molecule has 5 aromatic heterocycles. The highest BCUT2D eigenvalue weighted by molar-refractivity contribution is 9.10. The molecule has 0 aliphatic carbocycles. The van der Waals surface area contributed by atoms with E-state index < -0.39 is 11.2 Å². The van der Waals surface area contributed by atoms with Gasteiger partial charge in [0.1, 0.15) is 50.8 Å². The minimum absolute atomic E-state index is 0.136. The molecule has 4 saturated heterocycles. The number of nitrogens with zero attached hydrogens (tertiary/aromatic N) is 9. The number of carbonyl (C=O) groups is 5. The molecule has 0 radical (unpaired) electrons. The number of nitrogens with one attached hydrogen (secondary N) is 4. The lowest BCUT2D eigenvalue weighted by Crippen LogP contribution is -2.51. The van der Waals surface area contributed by atoms with E-state index in [9.17, 15) is 33.6 Å². The number of furan rings is 1. The van der Waals surface area contributed by atoms with Gasteiger partial charge in [0.25, 0.3) is 11.1 Å². The van der Waals surface area contributed by atoms with Crippen LogP contribution >= 0.6 is 15.9 Å². The number of fused-ring (bicyclic) bond motifs is 3. The summed E-state index contributed by atoms with van der Waals surface area (Å²) in [6.45, 7) is 32.8. The summed E-state index contributed by atoms with van der Waals surface area (Å²) in [5.41, 5.74) is 3.31. The lowest BCUT2D eigenvalue weighted by atomic mass is 10.1. The monoisotopic (exact) mass is 1320 g/mol. The van der Waals surface area contributed by atoms with Crippen molar-refractivity contribution in [2.45, 2.75) is 99.5 Å². The maximum Gasteiger partial charge on any atom is 0.410 e. The summed E-state index contributed by atoms with van der Waals surface area (Å²) >= 11 is 3.39. The highest BCUT2D eigenvalue weighted by Gasteiger charge is 2.29. The van der Waals surface area contributed by atoms with Gasteiger partial charge in [0.2, 0.25) is 5.91 Å². The van der Waals surface area contributed by atoms with Gasteiger partial charge in [0.15, 0.2) is 0 Å². The number of amides is 4. The second-order valence-corrected chi connectivity index (χ2v) is 26.3. The molecule has 0 bridgehead atoms. The molecule has 26 heteroatoms. The van der Waals surface area contributed by atoms with Gasteiger partial charge in [-0.1, -0.05) is 18.2 Å². The van der Waals surface area contributed by atoms with Crippen LogP contribution < -0.4 is 31.6 Å². The number of H-pyrrole nitrogens is 2. The van der Waals surface area contributed by atoms with Crippen molar-refractivity contribution < 1.29 is 47.3 Å². The first-order chi connectivity index (χ1) is 43.0. The summed E-state index contributed by atoms with van der Waals surface area (Å²) in [5.74, 6) is 0.429. The average molecular weight is 1330 g/mol. The number of likely N-dealkylation sites (N-methyl/N-ethyl adjacent to an activating group) is 1. The van der Waals surface area contributed by atoms with Crippen LogP contribution in [0.5, 0.6) is 0 Å². The normalized spacial score (nSPS) is 15.9. The Labute approximate surface area is 539 Å². The number of piperazine rings is 4. The van der Waals surface area contributed by atoms with E-state index in [2.05, 4.69) is 51.4 Å². The molecule has 0 unspecified atom stereocenters. The van der Waals surface area contributed by atoms with Crippen molar-refractivity contribution in [3.05, 3.63) is 109 Å². The second-order valence-electron chi connectivity index (χ2n) is 25.4. The fraction of sp³-hybridized carbons (Fsp3) is 0.523. The zero-order valence-electron chi connectivity index (χ0n) is 54.7. The first kappa shape index (κ1) is 70.4. The zero-order valence-corrected chi connectivity index (χ0v) is 56.3. The van der Waals surface area contributed by atoms with Gasteiger partial charge in [-0.05, 0) is 134 Å². The smallest absolute Gasteiger partial charge is 0.410 e. The van der Waals surface area contributed by atoms with E-state index in [1.54, 1.807) is 52.0 Å². The molecule has 0 saturated carbocycles. The molecular weight excluding hydrogens is 1230 g/mol. The molecular formula is C65H90BrN13O12. The SMILES string of the molecule is CC(C)(C)OC(=O)N1CCN(c2cc3cc(Br)cnc3[nH]c2=O)CC1.CC(C)(C)OC(=O)N1CCNCC1.CCOC(=O)CN1CCN(C(=O)OC(C)(C)C)CC1.Cc1c(CN(C)C(=O)/C=C/c2cnc3[nH]c(=O)c(N4CCNCC4)cc3c2)oc2ccccc12. The Morgan fingerprint density at radius 2 is 1.11 bits per heavy atom. The van der Waals surface area contributed by atoms with Crippen molar-refractivity contribution in [2.75, 3.05) is 135 Å². The van der Waals surface area contributed by atoms with Gasteiger partial charge in [0, 0.05) is 156 Å². The summed E-state index contributed by atoms with van der Waals surface area (Å²) in [6.07, 6.45) is 5.77. The van der Waals surface area contributed by atoms with E-state index in [-0.39, 0.29) is 53.4 Å². The van der Waals surface area contributed by atoms with E-state index in [4.69, 9.17) is 23.4 Å². The summed E-state index contributed by atoms with van der Waals surface area (Å²) in [4.78, 5) is 111. The van der Waals surface area contributed by atoms with E-state index >= 15 is 0 Å². The number of aryl methyl sites for hydroxylation is 1. The minimum Gasteiger partial charge on any atom is -0.465 e. The fourth-order valence-corrected chi connectivity index (χ4v) is 10.4. The number of hydrogen-bond acceptors (Lipinski definition) is 19. The van der Waals surface area contributed by atoms with E-state index in [1.807, 2.05) is 128 Å². The number of pyridine rings is 4. The third kappa shape index (κ3) is 21.5. The van der Waals surface area contributed by atoms with Gasteiger partial charge in [-0.2, -0.15) is 0 Å². The van der Waals surface area contributed by atoms with Crippen molar-refractivity contribution in [3.8, 4) is 0 Å². The third-order valence-electron chi connectivity index (χ3n) is 14.6. The molecule has 4 amide bonds. The number of halogens is 1. The quantitative estimate of drug-likeness (QED) is 0.0612. The number of carbonyl (C=O) groups excluding carboxylic acids is 5. The highest BCUT2D eigenvalue weighted by Crippen LogP contribution is 2.27. The van der Waals surface area contributed by atoms with Crippen LogP contribution in [0, 0.1) is 6.92 Å². The van der Waals surface area contributed by atoms with Crippen LogP contribution in [0.3, 0.4) is 0 Å². The number of benzene rings is 1. The number of rotatable bonds is 9. The summed E-state index contributed by atoms with van der Waals surface area (Å²) in [7, 11) is 1.75. The van der Waals surface area contributed by atoms with E-state index in [0.717, 1.165) is 95.5 Å². The molecule has 4 N–H and O–H groups in total. The van der Waals surface area contributed by atoms with Crippen LogP contribution in [0.15, 0.2) is 85.5 Å². The molecule has 4 aliphatic rings. The minimum atomic E-state index is -0.510. The molecule has 25 nitrogen and oxygen atoms in total. The Morgan fingerprint density at radius 3 is 1.63 bits per heavy atom. The number of aromatic nitrogens is 4. The molecule has 91 heavy (non-hydrogen) atoms. The van der Waals surface area contributed by atoms with Gasteiger partial charge >= 0.3 is 24.2 Å². The zero-order chi connectivity index (χ0) is 66.2. The average Bonchev–Trinajstić information content (AvgIpc) is 1.75. The highest BCUT2D eigenvalue weighted by atomic mass is 79.9. The maximum atomic E-state index is 12.7. The molecule has 9 heterocycles. The summed E-state index contributed by atoms with van der Waals surface area (Å²) in [6, 6.07) is 15.4. The summed E-state index contributed by atoms with van der Waals surface area (Å²) < 4.78 is 27.6. The van der Waals surface area contributed by atoms with Crippen LogP contribution in [0.4, 0.5) is 25.8 Å². The lowest BCUT2D eigenvalue weighted by Gasteiger charge is -2.36. The standard InChI is InChI=1S/C26H27N5O3.C17H21BrN4O3.C13H24N2O4.C9H18N2O2/c1-17-20-5-3-4-6-22(20)34-23(17)16-30(2)24(32)8-7-18-13-19-14-21(31-11-9-27-10-12-31)26(33)29-25(19)28-15-18;1-17(2,3)25-16(24)22-6-4-21(5-7-22)13-9-11-8-12(18)10-19-14(11)20-15(13)23;1-5-18-11(16)10-14-6-8-15(9-7-14)12(17)19-13(2,3)4;1-9(2,3)13-8(12)11-6-4-10-5-7-11/h3-8,13-15,27H,9-12,16H2,1-2H3,(H,28,29,33);8-10H,4-7H2,1-3H3,(H,19,20,23);5-10H2,1-4H3;10H,4-7H2,1-3H3/b8-7+;;;. The van der Waals surface area contributed by atoms with Gasteiger partial charge in [0.05, 0.1) is 19.7 Å². The van der Waals surface area contributed by atoms with Gasteiger partial charge in [-0.25, -0.2) is 24.4 Å². The van der Waals surface area contributed by atoms with Gasteiger partial charge in [-0.15, -0.1) is 0 Å². The Morgan fingerprint density at radius 1 is 0.637 bits per heavy atom. The van der Waals surface area contributed by atoms with Crippen molar-refractivity contribution in [1.29, 1.82) is 0 Å². The molecule has 6 aromatic rings. The Bertz CT molecular complexity index is 3620. The Hall–Kier alpha value is -8.07. The van der Waals surface area contributed by atoms with Crippen LogP contribution in [0.25, 0.3) is 39.1 Å². The molecule has 0 spiro atoms. The van der Waals surface area contributed by atoms with Crippen LogP contribution in [0.1, 0.15) is 86.1 Å². The van der Waals surface area contributed by atoms with Crippen LogP contribution in [0.2, 0.25) is 0 Å². The number of anilines is 2. The van der Waals surface area contributed by atoms with E-state index in [1.165, 1.54) is 6.08 Å². The number of para-hydroxylation sites is 1. The molecule has 4 aliphatic heterocycles. The molecule has 0 atom stereocenters. The summed E-state index contributed by atoms with van der Waals surface area (Å²) in [5, 5.41) is 9.23. The second kappa shape index (κ2) is 31.8. The lowest BCUT2D eigenvalue weighted by molar-refractivity contribution is -0.144. The molecule has 10 rings (SSSR count). The Balaban J connectivity index is 0.000000183. The first-order valence-electron chi connectivity index (χ1n) is 30.9. The molecule has 4 fully saturated rings. The third-order valence-corrected chi connectivity index (χ3v) is 15.1. The van der Waals surface area contributed by atoms with Gasteiger partial charge in [-0.3, -0.25) is 24.1 Å². The van der Waals surface area contributed by atoms with Gasteiger partial charge < -0.3 is 73.4 Å². The van der Waals surface area contributed by atoms with Crippen LogP contribution in [-0.2, 0) is 35.1 Å². The van der Waals surface area contributed by atoms with Crippen LogP contribution in [-0.4, -0.2) is 216 Å². The maximum absolute atomic E-state index is 12.7. The van der Waals surface area contributed by atoms with E-state index in [0.29, 0.717) is 88.2 Å². The van der Waals surface area contributed by atoms with Crippen molar-refractivity contribution >= 4 is 96.6 Å². The largest absolute Gasteiger partial charge is 0.465 e. The Kier molecular flexibility index (Phi) is 24.6.